The number of rotatable bonds is 21. The van der Waals surface area contributed by atoms with Gasteiger partial charge in [0, 0.05) is 39.1 Å². The lowest BCUT2D eigenvalue weighted by molar-refractivity contribution is -0.149. The summed E-state index contributed by atoms with van der Waals surface area (Å²) in [5.41, 5.74) is 0. The zero-order valence-corrected chi connectivity index (χ0v) is 20.4. The molecule has 0 aromatic heterocycles. The molecular weight excluding hydrogens is 388 g/mol. The van der Waals surface area contributed by atoms with Crippen LogP contribution < -0.4 is 0 Å². The van der Waals surface area contributed by atoms with Crippen molar-refractivity contribution >= 4 is 11.8 Å². The minimum absolute atomic E-state index is 0.133. The van der Waals surface area contributed by atoms with E-state index in [1.807, 2.05) is 0 Å². The number of nitrogens with zero attached hydrogens (tertiary/aromatic N) is 2. The highest BCUT2D eigenvalue weighted by Gasteiger charge is 2.18. The Labute approximate surface area is 191 Å². The summed E-state index contributed by atoms with van der Waals surface area (Å²) in [5, 5.41) is 8.65. The Morgan fingerprint density at radius 2 is 0.935 bits per heavy atom. The Morgan fingerprint density at radius 1 is 0.581 bits per heavy atom. The van der Waals surface area contributed by atoms with E-state index in [2.05, 4.69) is 16.7 Å². The van der Waals surface area contributed by atoms with Crippen LogP contribution in [0.1, 0.15) is 116 Å². The number of carboxylic acid groups (broad SMARTS) is 1. The monoisotopic (exact) mass is 438 g/mol. The lowest BCUT2D eigenvalue weighted by Crippen LogP contribution is -2.47. The van der Waals surface area contributed by atoms with Crippen LogP contribution in [0, 0.1) is 0 Å². The average molecular weight is 439 g/mol. The highest BCUT2D eigenvalue weighted by atomic mass is 16.4. The molecule has 5 heteroatoms. The van der Waals surface area contributed by atoms with E-state index in [1.54, 1.807) is 0 Å². The molecule has 0 aliphatic carbocycles. The molecule has 0 spiro atoms. The van der Waals surface area contributed by atoms with E-state index in [1.165, 1.54) is 109 Å². The van der Waals surface area contributed by atoms with Gasteiger partial charge >= 0.3 is 5.97 Å². The number of carboxylic acids is 1. The van der Waals surface area contributed by atoms with Gasteiger partial charge in [-0.2, -0.15) is 0 Å². The maximum atomic E-state index is 11.2. The normalized spacial score (nSPS) is 15.4. The van der Waals surface area contributed by atoms with E-state index < -0.39 is 11.8 Å². The molecule has 0 atom stereocenters. The fraction of sp³-hybridized carbons (Fsp3) is 0.923. The number of unbranched alkanes of at least 4 members (excludes halogenated alkanes) is 15. The molecule has 0 unspecified atom stereocenters. The van der Waals surface area contributed by atoms with Gasteiger partial charge in [0.1, 0.15) is 0 Å². The van der Waals surface area contributed by atoms with Gasteiger partial charge in [-0.3, -0.25) is 4.79 Å². The predicted molar refractivity (Wildman–Crippen MR) is 130 cm³/mol. The van der Waals surface area contributed by atoms with Crippen LogP contribution >= 0.6 is 0 Å². The topological polar surface area (TPSA) is 60.9 Å². The fourth-order valence-electron chi connectivity index (χ4n) is 4.49. The first-order valence-corrected chi connectivity index (χ1v) is 13.3. The van der Waals surface area contributed by atoms with Crippen LogP contribution in [0.3, 0.4) is 0 Å². The number of hydrogen-bond donors (Lipinski definition) is 1. The van der Waals surface area contributed by atoms with E-state index in [0.29, 0.717) is 6.54 Å². The van der Waals surface area contributed by atoms with Crippen LogP contribution in [0.5, 0.6) is 0 Å². The van der Waals surface area contributed by atoms with Crippen LogP contribution in [0.4, 0.5) is 0 Å². The van der Waals surface area contributed by atoms with Crippen molar-refractivity contribution in [3.8, 4) is 0 Å². The third kappa shape index (κ3) is 16.4. The Hall–Kier alpha value is -0.940. The molecule has 1 rings (SSSR count). The molecular formula is C26H50N2O3. The Bertz CT molecular complexity index is 448. The molecule has 182 valence electrons. The zero-order valence-electron chi connectivity index (χ0n) is 20.4. The standard InChI is InChI=1S/C26H50N2O3/c1-2-3-4-5-6-7-8-9-10-11-12-13-14-15-16-17-19-27-21-23-28(24-22-27)20-18-25(29)26(30)31/h2-24H2,1H3,(H,30,31). The summed E-state index contributed by atoms with van der Waals surface area (Å²) >= 11 is 0. The first kappa shape index (κ1) is 28.1. The summed E-state index contributed by atoms with van der Waals surface area (Å²) in [6.45, 7) is 8.03. The van der Waals surface area contributed by atoms with Crippen molar-refractivity contribution in [3.05, 3.63) is 0 Å². The smallest absolute Gasteiger partial charge is 0.372 e. The van der Waals surface area contributed by atoms with E-state index in [9.17, 15) is 9.59 Å². The van der Waals surface area contributed by atoms with Crippen LogP contribution in [0.15, 0.2) is 0 Å². The van der Waals surface area contributed by atoms with E-state index in [-0.39, 0.29) is 6.42 Å². The van der Waals surface area contributed by atoms with Gasteiger partial charge < -0.3 is 14.9 Å². The van der Waals surface area contributed by atoms with Gasteiger partial charge in [0.25, 0.3) is 0 Å². The maximum Gasteiger partial charge on any atom is 0.372 e. The molecule has 1 heterocycles. The summed E-state index contributed by atoms with van der Waals surface area (Å²) in [6, 6.07) is 0. The summed E-state index contributed by atoms with van der Waals surface area (Å²) in [7, 11) is 0. The molecule has 1 saturated heterocycles. The average Bonchev–Trinajstić information content (AvgIpc) is 2.77. The van der Waals surface area contributed by atoms with Crippen LogP contribution in [0.2, 0.25) is 0 Å². The molecule has 5 nitrogen and oxygen atoms in total. The number of hydrogen-bond acceptors (Lipinski definition) is 4. The minimum Gasteiger partial charge on any atom is -0.476 e. The lowest BCUT2D eigenvalue weighted by atomic mass is 10.0. The number of carbonyl (C=O) groups excluding carboxylic acids is 1. The molecule has 0 aromatic carbocycles. The molecule has 1 aliphatic heterocycles. The Morgan fingerprint density at radius 3 is 1.32 bits per heavy atom. The van der Waals surface area contributed by atoms with E-state index in [4.69, 9.17) is 5.11 Å². The molecule has 31 heavy (non-hydrogen) atoms. The van der Waals surface area contributed by atoms with Crippen molar-refractivity contribution in [1.29, 1.82) is 0 Å². The van der Waals surface area contributed by atoms with Gasteiger partial charge in [-0.05, 0) is 13.0 Å². The van der Waals surface area contributed by atoms with Gasteiger partial charge in [-0.15, -0.1) is 0 Å². The van der Waals surface area contributed by atoms with Crippen LogP contribution in [-0.4, -0.2) is 65.9 Å². The van der Waals surface area contributed by atoms with E-state index >= 15 is 0 Å². The highest BCUT2D eigenvalue weighted by Crippen LogP contribution is 2.14. The third-order valence-electron chi connectivity index (χ3n) is 6.69. The van der Waals surface area contributed by atoms with Crippen molar-refractivity contribution in [2.75, 3.05) is 39.3 Å². The lowest BCUT2D eigenvalue weighted by Gasteiger charge is -2.34. The molecule has 0 saturated carbocycles. The second kappa shape index (κ2) is 19.7. The summed E-state index contributed by atoms with van der Waals surface area (Å²) < 4.78 is 0. The molecule has 0 bridgehead atoms. The number of ketones is 1. The molecule has 0 radical (unpaired) electrons. The predicted octanol–water partition coefficient (Wildman–Crippen LogP) is 5.91. The van der Waals surface area contributed by atoms with Crippen molar-refractivity contribution in [1.82, 2.24) is 9.80 Å². The minimum atomic E-state index is -1.30. The van der Waals surface area contributed by atoms with Crippen LogP contribution in [-0.2, 0) is 9.59 Å². The summed E-state index contributed by atoms with van der Waals surface area (Å²) in [4.78, 5) is 26.5. The number of aliphatic carboxylic acids is 1. The molecule has 0 aromatic rings. The van der Waals surface area contributed by atoms with Crippen molar-refractivity contribution in [2.45, 2.75) is 116 Å². The second-order valence-electron chi connectivity index (χ2n) is 9.46. The quantitative estimate of drug-likeness (QED) is 0.178. The van der Waals surface area contributed by atoms with E-state index in [0.717, 1.165) is 26.2 Å². The SMILES string of the molecule is CCCCCCCCCCCCCCCCCCN1CCN(CCC(=O)C(=O)O)CC1. The number of carbonyl (C=O) groups is 2. The van der Waals surface area contributed by atoms with Gasteiger partial charge in [0.05, 0.1) is 0 Å². The first-order chi connectivity index (χ1) is 15.1. The Kier molecular flexibility index (Phi) is 17.9. The number of Topliss-reactive ketones (excluding diaryl/α,β-unsaturated/α-hetero) is 1. The maximum absolute atomic E-state index is 11.2. The third-order valence-corrected chi connectivity index (χ3v) is 6.69. The van der Waals surface area contributed by atoms with Gasteiger partial charge in [0.15, 0.2) is 0 Å². The Balaban J connectivity index is 1.79. The molecule has 1 fully saturated rings. The van der Waals surface area contributed by atoms with Gasteiger partial charge in [-0.1, -0.05) is 103 Å². The van der Waals surface area contributed by atoms with Crippen molar-refractivity contribution < 1.29 is 14.7 Å². The van der Waals surface area contributed by atoms with Gasteiger partial charge in [-0.25, -0.2) is 4.79 Å². The molecule has 0 amide bonds. The highest BCUT2D eigenvalue weighted by molar-refractivity contribution is 6.32. The fourth-order valence-corrected chi connectivity index (χ4v) is 4.49. The second-order valence-corrected chi connectivity index (χ2v) is 9.46. The molecule has 1 aliphatic rings. The van der Waals surface area contributed by atoms with Crippen molar-refractivity contribution in [2.24, 2.45) is 0 Å². The molecule has 1 N–H and O–H groups in total. The van der Waals surface area contributed by atoms with Gasteiger partial charge in [0.2, 0.25) is 5.78 Å². The number of piperazine rings is 1. The largest absolute Gasteiger partial charge is 0.476 e. The summed E-state index contributed by atoms with van der Waals surface area (Å²) in [5.74, 6) is -1.97. The van der Waals surface area contributed by atoms with Crippen molar-refractivity contribution in [3.63, 3.8) is 0 Å². The van der Waals surface area contributed by atoms with Crippen LogP contribution in [0.25, 0.3) is 0 Å². The summed E-state index contributed by atoms with van der Waals surface area (Å²) in [6.07, 6.45) is 22.6. The first-order valence-electron chi connectivity index (χ1n) is 13.3. The zero-order chi connectivity index (χ0) is 22.6.